The van der Waals surface area contributed by atoms with Crippen molar-refractivity contribution in [2.24, 2.45) is 5.92 Å². The molecule has 2 atom stereocenters. The summed E-state index contributed by atoms with van der Waals surface area (Å²) in [6, 6.07) is 11.1. The van der Waals surface area contributed by atoms with Gasteiger partial charge in [-0.25, -0.2) is 0 Å². The van der Waals surface area contributed by atoms with Gasteiger partial charge in [0.15, 0.2) is 5.82 Å². The Morgan fingerprint density at radius 2 is 1.80 bits per heavy atom. The zero-order chi connectivity index (χ0) is 33.4. The lowest BCUT2D eigenvalue weighted by Gasteiger charge is -2.33. The summed E-state index contributed by atoms with van der Waals surface area (Å²) < 4.78 is 61.0. The fourth-order valence-electron chi connectivity index (χ4n) is 5.82. The number of alkyl halides is 3. The van der Waals surface area contributed by atoms with Gasteiger partial charge in [0, 0.05) is 30.6 Å². The van der Waals surface area contributed by atoms with E-state index in [1.54, 1.807) is 43.9 Å². The molecule has 3 aromatic rings. The Morgan fingerprint density at radius 3 is 2.43 bits per heavy atom. The van der Waals surface area contributed by atoms with Crippen LogP contribution in [0.1, 0.15) is 87.0 Å². The van der Waals surface area contributed by atoms with Crippen LogP contribution in [0.2, 0.25) is 5.02 Å². The van der Waals surface area contributed by atoms with Crippen molar-refractivity contribution in [1.82, 2.24) is 19.7 Å². The normalized spacial score (nSPS) is 18.6. The number of carbonyl (C=O) groups excluding carboxylic acids is 2. The third kappa shape index (κ3) is 6.98. The van der Waals surface area contributed by atoms with Gasteiger partial charge in [-0.1, -0.05) is 23.7 Å². The number of benzene rings is 2. The molecule has 1 saturated heterocycles. The summed E-state index contributed by atoms with van der Waals surface area (Å²) >= 11 is 6.69. The Balaban J connectivity index is 1.49. The minimum atomic E-state index is -4.89. The first-order valence-electron chi connectivity index (χ1n) is 14.7. The molecule has 5 rings (SSSR count). The summed E-state index contributed by atoms with van der Waals surface area (Å²) in [4.78, 5) is 27.6. The predicted molar refractivity (Wildman–Crippen MR) is 159 cm³/mol. The highest BCUT2D eigenvalue weighted by molar-refractivity contribution is 6.32. The van der Waals surface area contributed by atoms with Crippen molar-refractivity contribution in [3.63, 3.8) is 0 Å². The van der Waals surface area contributed by atoms with E-state index in [9.17, 15) is 28.0 Å². The number of hydrogen-bond acceptors (Lipinski definition) is 8. The van der Waals surface area contributed by atoms with Crippen LogP contribution in [0.4, 0.5) is 13.2 Å². The van der Waals surface area contributed by atoms with E-state index in [1.807, 2.05) is 6.07 Å². The highest BCUT2D eigenvalue weighted by atomic mass is 35.5. The molecular formula is C32H33ClF3N5O5. The third-order valence-electron chi connectivity index (χ3n) is 7.91. The number of piperidine rings is 1. The fourth-order valence-corrected chi connectivity index (χ4v) is 6.13. The molecule has 2 aliphatic rings. The monoisotopic (exact) mass is 659 g/mol. The Hall–Kier alpha value is -4.15. The maximum absolute atomic E-state index is 14.3. The fraction of sp³-hybridized carbons (Fsp3) is 0.469. The first-order chi connectivity index (χ1) is 21.7. The molecular weight excluding hydrogens is 627 g/mol. The molecule has 0 unspecified atom stereocenters. The summed E-state index contributed by atoms with van der Waals surface area (Å²) in [6.07, 6.45) is -6.25. The number of likely N-dealkylation sites (tertiary alicyclic amines) is 1. The zero-order valence-corrected chi connectivity index (χ0v) is 26.5. The highest BCUT2D eigenvalue weighted by Gasteiger charge is 2.44. The lowest BCUT2D eigenvalue weighted by atomic mass is 9.93. The molecule has 0 bridgehead atoms. The SMILES string of the molecule is COc1cccc([C@H]2O[C@H](CC(=O)N3CCC(CC(=O)OC(C)(C)C)CC3)c3nnc(C(F)(F)F)n3-c3ccc(C#N)cc32)c1Cl. The number of carbonyl (C=O) groups is 2. The van der Waals surface area contributed by atoms with Crippen molar-refractivity contribution in [3.05, 3.63) is 69.8 Å². The topological polar surface area (TPSA) is 120 Å². The molecule has 1 amide bonds. The quantitative estimate of drug-likeness (QED) is 0.281. The molecule has 1 fully saturated rings. The molecule has 46 heavy (non-hydrogen) atoms. The van der Waals surface area contributed by atoms with Crippen LogP contribution in [0.25, 0.3) is 5.69 Å². The van der Waals surface area contributed by atoms with Gasteiger partial charge in [-0.15, -0.1) is 10.2 Å². The molecule has 3 heterocycles. The van der Waals surface area contributed by atoms with Crippen molar-refractivity contribution in [2.75, 3.05) is 20.2 Å². The van der Waals surface area contributed by atoms with Crippen LogP contribution >= 0.6 is 11.6 Å². The lowest BCUT2D eigenvalue weighted by Crippen LogP contribution is -2.40. The molecule has 0 aliphatic carbocycles. The van der Waals surface area contributed by atoms with Crippen LogP contribution in [-0.2, 0) is 25.2 Å². The number of nitrogens with zero attached hydrogens (tertiary/aromatic N) is 5. The second kappa shape index (κ2) is 12.9. The smallest absolute Gasteiger partial charge is 0.452 e. The van der Waals surface area contributed by atoms with E-state index in [0.717, 1.165) is 4.57 Å². The number of rotatable bonds is 6. The van der Waals surface area contributed by atoms with Crippen LogP contribution in [0.15, 0.2) is 36.4 Å². The molecule has 0 radical (unpaired) electrons. The number of nitriles is 1. The van der Waals surface area contributed by atoms with E-state index < -0.39 is 29.8 Å². The summed E-state index contributed by atoms with van der Waals surface area (Å²) in [5, 5.41) is 17.2. The second-order valence-corrected chi connectivity index (χ2v) is 12.7. The van der Waals surface area contributed by atoms with Gasteiger partial charge in [0.2, 0.25) is 11.7 Å². The van der Waals surface area contributed by atoms with Crippen LogP contribution in [0.5, 0.6) is 5.75 Å². The summed E-state index contributed by atoms with van der Waals surface area (Å²) in [5.41, 5.74) is 0.192. The van der Waals surface area contributed by atoms with Gasteiger partial charge in [0.25, 0.3) is 0 Å². The van der Waals surface area contributed by atoms with Gasteiger partial charge in [-0.2, -0.15) is 18.4 Å². The van der Waals surface area contributed by atoms with E-state index in [-0.39, 0.29) is 58.3 Å². The maximum atomic E-state index is 14.3. The standard InChI is InChI=1S/C32H33ClF3N5O5/c1-31(2,3)46-26(43)15-18-10-12-40(13-11-18)25(42)16-24-29-38-39-30(32(34,35)36)41(29)22-9-8-19(17-37)14-21(22)28(45-24)20-6-5-7-23(44-4)27(20)33/h5-9,14,18,24,28H,10-13,15-16H2,1-4H3/t24-,28-/m1/s1. The number of halogens is 4. The molecule has 0 N–H and O–H groups in total. The summed E-state index contributed by atoms with van der Waals surface area (Å²) in [5.74, 6) is -1.83. The highest BCUT2D eigenvalue weighted by Crippen LogP contribution is 2.46. The van der Waals surface area contributed by atoms with Crippen molar-refractivity contribution < 1.29 is 37.0 Å². The number of methoxy groups -OCH3 is 1. The van der Waals surface area contributed by atoms with E-state index in [0.29, 0.717) is 37.2 Å². The van der Waals surface area contributed by atoms with E-state index in [4.69, 9.17) is 25.8 Å². The Bertz CT molecular complexity index is 1670. The molecule has 10 nitrogen and oxygen atoms in total. The zero-order valence-electron chi connectivity index (χ0n) is 25.7. The van der Waals surface area contributed by atoms with E-state index in [1.165, 1.54) is 25.3 Å². The number of aromatic nitrogens is 3. The first kappa shape index (κ1) is 33.2. The Kier molecular flexibility index (Phi) is 9.33. The van der Waals surface area contributed by atoms with Gasteiger partial charge in [-0.05, 0) is 63.8 Å². The molecule has 0 saturated carbocycles. The molecule has 2 aromatic carbocycles. The minimum absolute atomic E-state index is 0.0353. The number of amides is 1. The number of esters is 1. The van der Waals surface area contributed by atoms with Gasteiger partial charge in [0.05, 0.1) is 35.9 Å². The Morgan fingerprint density at radius 1 is 1.09 bits per heavy atom. The summed E-state index contributed by atoms with van der Waals surface area (Å²) in [7, 11) is 1.43. The van der Waals surface area contributed by atoms with Crippen LogP contribution in [0, 0.1) is 17.2 Å². The van der Waals surface area contributed by atoms with Crippen molar-refractivity contribution in [3.8, 4) is 17.5 Å². The number of ether oxygens (including phenoxy) is 3. The average molecular weight is 660 g/mol. The first-order valence-corrected chi connectivity index (χ1v) is 15.1. The van der Waals surface area contributed by atoms with Crippen molar-refractivity contribution in [1.29, 1.82) is 5.26 Å². The molecule has 14 heteroatoms. The summed E-state index contributed by atoms with van der Waals surface area (Å²) in [6.45, 7) is 6.11. The average Bonchev–Trinajstić information content (AvgIpc) is 3.40. The predicted octanol–water partition coefficient (Wildman–Crippen LogP) is 6.34. The molecule has 1 aromatic heterocycles. The maximum Gasteiger partial charge on any atom is 0.452 e. The third-order valence-corrected chi connectivity index (χ3v) is 8.31. The van der Waals surface area contributed by atoms with Crippen molar-refractivity contribution in [2.45, 2.75) is 70.4 Å². The largest absolute Gasteiger partial charge is 0.495 e. The van der Waals surface area contributed by atoms with Gasteiger partial charge in [-0.3, -0.25) is 14.2 Å². The number of fused-ring (bicyclic) bond motifs is 3. The van der Waals surface area contributed by atoms with Crippen LogP contribution < -0.4 is 4.74 Å². The van der Waals surface area contributed by atoms with Crippen LogP contribution in [0.3, 0.4) is 0 Å². The van der Waals surface area contributed by atoms with Gasteiger partial charge < -0.3 is 19.1 Å². The van der Waals surface area contributed by atoms with Gasteiger partial charge >= 0.3 is 12.1 Å². The second-order valence-electron chi connectivity index (χ2n) is 12.3. The molecule has 244 valence electrons. The van der Waals surface area contributed by atoms with Crippen LogP contribution in [-0.4, -0.2) is 57.3 Å². The van der Waals surface area contributed by atoms with E-state index in [2.05, 4.69) is 10.2 Å². The Labute approximate surface area is 269 Å². The lowest BCUT2D eigenvalue weighted by molar-refractivity contribution is -0.156. The minimum Gasteiger partial charge on any atom is -0.495 e. The van der Waals surface area contributed by atoms with E-state index >= 15 is 0 Å². The number of hydrogen-bond donors (Lipinski definition) is 0. The van der Waals surface area contributed by atoms with Gasteiger partial charge in [0.1, 0.15) is 23.6 Å². The molecule has 2 aliphatic heterocycles. The molecule has 0 spiro atoms. The van der Waals surface area contributed by atoms with Crippen molar-refractivity contribution >= 4 is 23.5 Å².